The van der Waals surface area contributed by atoms with Crippen molar-refractivity contribution in [3.05, 3.63) is 0 Å². The van der Waals surface area contributed by atoms with Crippen LogP contribution in [-0.2, 0) is 66.3 Å². The van der Waals surface area contributed by atoms with Gasteiger partial charge in [-0.25, -0.2) is 0 Å². The number of hydrogen-bond acceptors (Lipinski definition) is 35. The van der Waals surface area contributed by atoms with Crippen molar-refractivity contribution in [2.45, 2.75) is 215 Å². The molecule has 0 spiro atoms. The van der Waals surface area contributed by atoms with Crippen molar-refractivity contribution in [2.75, 3.05) is 46.2 Å². The number of aliphatic hydroxyl groups is 21. The monoisotopic (exact) mass is 1130 g/mol. The first-order chi connectivity index (χ1) is 36.7. The highest BCUT2D eigenvalue weighted by molar-refractivity contribution is 5.01. The van der Waals surface area contributed by atoms with Gasteiger partial charge in [-0.05, 0) is 0 Å². The summed E-state index contributed by atoms with van der Waals surface area (Å²) < 4.78 is 79.5. The second kappa shape index (κ2) is 26.0. The molecule has 0 aromatic carbocycles. The number of ether oxygens (including phenoxy) is 14. The van der Waals surface area contributed by atoms with Gasteiger partial charge in [0.05, 0.1) is 46.2 Å². The van der Waals surface area contributed by atoms with Crippen molar-refractivity contribution in [2.24, 2.45) is 0 Å². The summed E-state index contributed by atoms with van der Waals surface area (Å²) in [6.45, 7) is -7.33. The van der Waals surface area contributed by atoms with Crippen LogP contribution in [0.15, 0.2) is 0 Å². The van der Waals surface area contributed by atoms with Crippen LogP contribution in [0.2, 0.25) is 0 Å². The molecule has 21 rings (SSSR count). The van der Waals surface area contributed by atoms with Gasteiger partial charge in [-0.2, -0.15) is 0 Å². The van der Waals surface area contributed by atoms with Crippen molar-refractivity contribution in [3.8, 4) is 0 Å². The molecule has 0 aliphatic carbocycles. The minimum Gasteiger partial charge on any atom is -0.394 e. The number of hydrogen-bond donors (Lipinski definition) is 21. The maximum atomic E-state index is 11.3. The van der Waals surface area contributed by atoms with E-state index >= 15 is 0 Å². The molecular weight excluding hydrogens is 1060 g/mol. The fraction of sp³-hybridized carbons (Fsp3) is 1.00. The molecule has 77 heavy (non-hydrogen) atoms. The summed E-state index contributed by atoms with van der Waals surface area (Å²) in [4.78, 5) is 0. The van der Waals surface area contributed by atoms with Gasteiger partial charge in [0.1, 0.15) is 171 Å². The molecule has 0 amide bonds. The Kier molecular flexibility index (Phi) is 20.8. The Labute approximate surface area is 434 Å². The molecule has 21 aliphatic rings. The highest BCUT2D eigenvalue weighted by Gasteiger charge is 2.59. The fourth-order valence-corrected chi connectivity index (χ4v) is 10.4. The van der Waals surface area contributed by atoms with Crippen LogP contribution in [0.3, 0.4) is 0 Å². The molecule has 0 saturated carbocycles. The normalized spacial score (nSPS) is 55.4. The zero-order chi connectivity index (χ0) is 56.1. The van der Waals surface area contributed by atoms with Crippen LogP contribution in [0.1, 0.15) is 0 Å². The van der Waals surface area contributed by atoms with Crippen LogP contribution >= 0.6 is 0 Å². The van der Waals surface area contributed by atoms with Crippen molar-refractivity contribution in [1.29, 1.82) is 0 Å². The highest BCUT2D eigenvalue weighted by atomic mass is 16.8. The van der Waals surface area contributed by atoms with E-state index in [-0.39, 0.29) is 0 Å². The third kappa shape index (κ3) is 12.1. The largest absolute Gasteiger partial charge is 0.394 e. The molecule has 21 saturated heterocycles. The smallest absolute Gasteiger partial charge is 0.187 e. The van der Waals surface area contributed by atoms with Gasteiger partial charge in [0.15, 0.2) is 44.0 Å². The Hall–Kier alpha value is -1.40. The molecular formula is C42H70O35. The van der Waals surface area contributed by atoms with Gasteiger partial charge in [-0.3, -0.25) is 0 Å². The Balaban J connectivity index is 1.08. The summed E-state index contributed by atoms with van der Waals surface area (Å²) in [6, 6.07) is 0. The van der Waals surface area contributed by atoms with E-state index in [4.69, 9.17) is 66.3 Å². The van der Waals surface area contributed by atoms with Gasteiger partial charge in [0, 0.05) is 0 Å². The molecule has 14 bridgehead atoms. The summed E-state index contributed by atoms with van der Waals surface area (Å²) in [5.74, 6) is 0. The van der Waals surface area contributed by atoms with E-state index < -0.39 is 261 Å². The van der Waals surface area contributed by atoms with Crippen LogP contribution in [0.4, 0.5) is 0 Å². The van der Waals surface area contributed by atoms with Crippen molar-refractivity contribution >= 4 is 0 Å². The molecule has 21 heterocycles. The van der Waals surface area contributed by atoms with Gasteiger partial charge >= 0.3 is 0 Å². The average molecular weight is 1130 g/mol. The zero-order valence-electron chi connectivity index (χ0n) is 40.3. The minimum atomic E-state index is -2.21. The second-order valence-corrected chi connectivity index (χ2v) is 19.7. The summed E-state index contributed by atoms with van der Waals surface area (Å²) >= 11 is 0. The number of rotatable bonds is 7. The molecule has 21 fully saturated rings. The Morgan fingerprint density at radius 2 is 0.260 bits per heavy atom. The average Bonchev–Trinajstić information content (AvgIpc) is 3.47. The van der Waals surface area contributed by atoms with E-state index in [0.717, 1.165) is 0 Å². The maximum Gasteiger partial charge on any atom is 0.187 e. The topological polar surface area (TPSA) is 554 Å². The summed E-state index contributed by atoms with van der Waals surface area (Å²) in [5.41, 5.74) is 0. The third-order valence-corrected chi connectivity index (χ3v) is 14.8. The van der Waals surface area contributed by atoms with E-state index in [1.807, 2.05) is 0 Å². The molecule has 21 N–H and O–H groups in total. The standard InChI is InChI=1S/C42H70O35/c43-1-8-29-15(50)22(57)36(64-8)72-30-9(2-44)66-38(24(59)17(30)52)74-32-11(4-46)68-40(26(61)19(32)54)76-34-13(6-48)70-42(28(63)21(34)56)77-35-14(7-49)69-41(27(62)20(35)55)75-33-12(5-47)67-39(25(60)18(33)53)73-31-10(3-45)65-37(71-29)23(58)16(31)51/h8-63H,1-7H2/t8?,9?,10?,11?,12?,13?,14?,15-,16-,17-,18-,19-,20-,21-,22+,23?,24?,25?,26?,27?,28?,29-,30-,31-,32-,33-,34-,35-,36?,37-,38-,39-,40-,41-,42-/m1/s1. The second-order valence-electron chi connectivity index (χ2n) is 19.7. The molecule has 0 aromatic heterocycles. The van der Waals surface area contributed by atoms with Gasteiger partial charge < -0.3 is 174 Å². The maximum absolute atomic E-state index is 11.3. The molecule has 35 heteroatoms. The SMILES string of the molecule is OCC1OC2O[C@@H]3C(CO)O[C@H](O[C@@H]4C(CO)O[C@H](O[C@@H]5C(CO)O[C@H](O[C@@H]6C(CO)O[C@H](O[C@@H]7C(CO)O[C@H](O[C@@H]8C(CO)O[C@H](O[C@H]1[C@H](O)[C@@H]2O)C(O)[C@H]8O)C(O)[C@H]7O)C(O)[C@H]6O)C(O)[C@H]5O)C(O)[C@H]4O)C(O)[C@H]3O. The minimum absolute atomic E-state index is 1.05. The summed E-state index contributed by atoms with van der Waals surface area (Å²) in [7, 11) is 0. The predicted molar refractivity (Wildman–Crippen MR) is 228 cm³/mol. The van der Waals surface area contributed by atoms with Crippen LogP contribution in [-0.4, -0.2) is 368 Å². The Morgan fingerprint density at radius 3 is 0.351 bits per heavy atom. The van der Waals surface area contributed by atoms with E-state index in [1.54, 1.807) is 0 Å². The zero-order valence-corrected chi connectivity index (χ0v) is 40.3. The number of aliphatic hydroxyl groups excluding tert-OH is 21. The van der Waals surface area contributed by atoms with Crippen molar-refractivity contribution < 1.29 is 174 Å². The van der Waals surface area contributed by atoms with Gasteiger partial charge in [0.25, 0.3) is 0 Å². The van der Waals surface area contributed by atoms with Gasteiger partial charge in [-0.1, -0.05) is 0 Å². The lowest BCUT2D eigenvalue weighted by molar-refractivity contribution is -0.396. The molecule has 0 radical (unpaired) electrons. The van der Waals surface area contributed by atoms with Crippen LogP contribution in [0.25, 0.3) is 0 Å². The lowest BCUT2D eigenvalue weighted by atomic mass is 9.95. The van der Waals surface area contributed by atoms with E-state index in [9.17, 15) is 107 Å². The summed E-state index contributed by atoms with van der Waals surface area (Å²) in [6.07, 6.45) is -70.2. The van der Waals surface area contributed by atoms with Gasteiger partial charge in [0.2, 0.25) is 0 Å². The van der Waals surface area contributed by atoms with Crippen LogP contribution in [0.5, 0.6) is 0 Å². The van der Waals surface area contributed by atoms with Crippen LogP contribution < -0.4 is 0 Å². The van der Waals surface area contributed by atoms with Crippen LogP contribution in [0, 0.1) is 0 Å². The third-order valence-electron chi connectivity index (χ3n) is 14.8. The fourth-order valence-electron chi connectivity index (χ4n) is 10.4. The van der Waals surface area contributed by atoms with Crippen molar-refractivity contribution in [3.63, 3.8) is 0 Å². The first-order valence-electron chi connectivity index (χ1n) is 24.6. The van der Waals surface area contributed by atoms with E-state index in [0.29, 0.717) is 0 Å². The Morgan fingerprint density at radius 1 is 0.156 bits per heavy atom. The molecule has 0 aromatic rings. The molecule has 448 valence electrons. The molecule has 14 unspecified atom stereocenters. The van der Waals surface area contributed by atoms with E-state index in [2.05, 4.69) is 0 Å². The quantitative estimate of drug-likeness (QED) is 0.113. The first-order valence-corrected chi connectivity index (χ1v) is 24.6. The van der Waals surface area contributed by atoms with E-state index in [1.165, 1.54) is 0 Å². The molecule has 21 aliphatic heterocycles. The molecule has 35 nitrogen and oxygen atoms in total. The van der Waals surface area contributed by atoms with Gasteiger partial charge in [-0.15, -0.1) is 0 Å². The predicted octanol–water partition coefficient (Wildman–Crippen LogP) is -15.2. The van der Waals surface area contributed by atoms with Crippen molar-refractivity contribution in [1.82, 2.24) is 0 Å². The Bertz CT molecular complexity index is 1470. The summed E-state index contributed by atoms with van der Waals surface area (Å²) in [5, 5.41) is 230. The first kappa shape index (κ1) is 61.7. The highest BCUT2D eigenvalue weighted by Crippen LogP contribution is 2.39. The lowest BCUT2D eigenvalue weighted by Crippen LogP contribution is -2.68. The molecule has 35 atom stereocenters. The lowest BCUT2D eigenvalue weighted by Gasteiger charge is -2.50.